The predicted molar refractivity (Wildman–Crippen MR) is 105 cm³/mol. The average Bonchev–Trinajstić information content (AvgIpc) is 3.13. The third-order valence-electron chi connectivity index (χ3n) is 4.49. The van der Waals surface area contributed by atoms with Gasteiger partial charge in [0.2, 0.25) is 5.82 Å². The highest BCUT2D eigenvalue weighted by molar-refractivity contribution is 7.90. The fourth-order valence-corrected chi connectivity index (χ4v) is 4.00. The first-order valence-corrected chi connectivity index (χ1v) is 10.7. The number of hydrogen-bond donors (Lipinski definition) is 1. The molecule has 0 bridgehead atoms. The Bertz CT molecular complexity index is 1370. The van der Waals surface area contributed by atoms with Crippen molar-refractivity contribution in [1.82, 2.24) is 9.97 Å². The maximum absolute atomic E-state index is 13.7. The predicted octanol–water partition coefficient (Wildman–Crippen LogP) is 4.63. The van der Waals surface area contributed by atoms with E-state index in [2.05, 4.69) is 9.97 Å². The molecule has 1 aromatic heterocycles. The van der Waals surface area contributed by atoms with Crippen LogP contribution in [0.3, 0.4) is 0 Å². The lowest BCUT2D eigenvalue weighted by molar-refractivity contribution is 0.274. The monoisotopic (exact) mass is 432 g/mol. The number of hydrogen-bond acceptors (Lipinski definition) is 4. The Hall–Kier alpha value is -3.33. The number of benzene rings is 3. The van der Waals surface area contributed by atoms with Gasteiger partial charge >= 0.3 is 0 Å². The number of H-pyrrole nitrogens is 1. The third-order valence-corrected chi connectivity index (χ3v) is 5.65. The van der Waals surface area contributed by atoms with Crippen molar-refractivity contribution in [2.24, 2.45) is 0 Å². The van der Waals surface area contributed by atoms with E-state index in [1.807, 2.05) is 0 Å². The summed E-state index contributed by atoms with van der Waals surface area (Å²) in [6, 6.07) is 13.6. The van der Waals surface area contributed by atoms with Crippen molar-refractivity contribution in [3.8, 4) is 16.9 Å². The number of fused-ring (bicyclic) bond motifs is 1. The number of ether oxygens (including phenoxy) is 1. The van der Waals surface area contributed by atoms with Crippen molar-refractivity contribution in [1.29, 1.82) is 0 Å². The molecule has 0 saturated heterocycles. The van der Waals surface area contributed by atoms with Gasteiger partial charge < -0.3 is 9.72 Å². The van der Waals surface area contributed by atoms with E-state index in [1.165, 1.54) is 6.07 Å². The van der Waals surface area contributed by atoms with E-state index >= 15 is 0 Å². The van der Waals surface area contributed by atoms with Gasteiger partial charge in [-0.15, -0.1) is 0 Å². The topological polar surface area (TPSA) is 72.1 Å². The Morgan fingerprint density at radius 2 is 1.77 bits per heavy atom. The SMILES string of the molecule is CS(=O)(=O)c1ccccc1-c1ccc2nc(COc3ccc(F)c(F)c3F)[nH]c2c1. The summed E-state index contributed by atoms with van der Waals surface area (Å²) in [5.74, 6) is -4.41. The van der Waals surface area contributed by atoms with E-state index in [4.69, 9.17) is 4.74 Å². The summed E-state index contributed by atoms with van der Waals surface area (Å²) in [5, 5.41) is 0. The first-order valence-electron chi connectivity index (χ1n) is 8.78. The minimum absolute atomic E-state index is 0.202. The lowest BCUT2D eigenvalue weighted by Crippen LogP contribution is -2.01. The van der Waals surface area contributed by atoms with Crippen LogP contribution in [0.5, 0.6) is 5.75 Å². The molecule has 5 nitrogen and oxygen atoms in total. The summed E-state index contributed by atoms with van der Waals surface area (Å²) in [4.78, 5) is 7.53. The van der Waals surface area contributed by atoms with Crippen LogP contribution < -0.4 is 4.74 Å². The zero-order chi connectivity index (χ0) is 21.5. The highest BCUT2D eigenvalue weighted by Gasteiger charge is 2.16. The number of nitrogens with zero attached hydrogens (tertiary/aromatic N) is 1. The van der Waals surface area contributed by atoms with Gasteiger partial charge in [0.1, 0.15) is 12.4 Å². The summed E-state index contributed by atoms with van der Waals surface area (Å²) in [5.41, 5.74) is 2.42. The second kappa shape index (κ2) is 7.49. The van der Waals surface area contributed by atoms with Crippen molar-refractivity contribution in [3.05, 3.63) is 77.9 Å². The van der Waals surface area contributed by atoms with Crippen LogP contribution >= 0.6 is 0 Å². The van der Waals surface area contributed by atoms with E-state index in [9.17, 15) is 21.6 Å². The van der Waals surface area contributed by atoms with Crippen molar-refractivity contribution < 1.29 is 26.3 Å². The molecule has 154 valence electrons. The van der Waals surface area contributed by atoms with Gasteiger partial charge in [0.05, 0.1) is 15.9 Å². The van der Waals surface area contributed by atoms with Gasteiger partial charge in [0, 0.05) is 11.8 Å². The van der Waals surface area contributed by atoms with Crippen LogP contribution in [0.4, 0.5) is 13.2 Å². The summed E-state index contributed by atoms with van der Waals surface area (Å²) >= 11 is 0. The van der Waals surface area contributed by atoms with Crippen LogP contribution in [0.2, 0.25) is 0 Å². The summed E-state index contributed by atoms with van der Waals surface area (Å²) in [7, 11) is -3.42. The van der Waals surface area contributed by atoms with Crippen LogP contribution in [-0.2, 0) is 16.4 Å². The number of sulfone groups is 1. The molecule has 3 aromatic carbocycles. The maximum Gasteiger partial charge on any atom is 0.203 e. The lowest BCUT2D eigenvalue weighted by Gasteiger charge is -2.08. The molecular weight excluding hydrogens is 417 g/mol. The Morgan fingerprint density at radius 1 is 1.00 bits per heavy atom. The molecular formula is C21H15F3N2O3S. The maximum atomic E-state index is 13.7. The molecule has 0 fully saturated rings. The van der Waals surface area contributed by atoms with Gasteiger partial charge in [-0.3, -0.25) is 0 Å². The van der Waals surface area contributed by atoms with Gasteiger partial charge in [-0.05, 0) is 35.9 Å². The first kappa shape index (κ1) is 20.0. The van der Waals surface area contributed by atoms with Crippen LogP contribution in [-0.4, -0.2) is 24.6 Å². The number of aromatic amines is 1. The summed E-state index contributed by atoms with van der Waals surface area (Å²) < 4.78 is 69.4. The van der Waals surface area contributed by atoms with Crippen molar-refractivity contribution in [3.63, 3.8) is 0 Å². The van der Waals surface area contributed by atoms with E-state index in [0.29, 0.717) is 28.0 Å². The van der Waals surface area contributed by atoms with Crippen LogP contribution in [0.15, 0.2) is 59.5 Å². The number of rotatable bonds is 5. The van der Waals surface area contributed by atoms with E-state index in [0.717, 1.165) is 18.4 Å². The van der Waals surface area contributed by atoms with Crippen LogP contribution in [0, 0.1) is 17.5 Å². The summed E-state index contributed by atoms with van der Waals surface area (Å²) in [6.45, 7) is -0.202. The molecule has 4 aromatic rings. The molecule has 0 aliphatic rings. The highest BCUT2D eigenvalue weighted by atomic mass is 32.2. The Morgan fingerprint density at radius 3 is 2.53 bits per heavy atom. The number of imidazole rings is 1. The average molecular weight is 432 g/mol. The van der Waals surface area contributed by atoms with E-state index < -0.39 is 33.0 Å². The molecule has 0 aliphatic heterocycles. The lowest BCUT2D eigenvalue weighted by atomic mass is 10.1. The van der Waals surface area contributed by atoms with E-state index in [1.54, 1.807) is 36.4 Å². The third kappa shape index (κ3) is 3.76. The van der Waals surface area contributed by atoms with E-state index in [-0.39, 0.29) is 11.5 Å². The van der Waals surface area contributed by atoms with Crippen LogP contribution in [0.1, 0.15) is 5.82 Å². The first-order chi connectivity index (χ1) is 14.2. The fourth-order valence-electron chi connectivity index (χ4n) is 3.09. The van der Waals surface area contributed by atoms with Crippen molar-refractivity contribution in [2.45, 2.75) is 11.5 Å². The second-order valence-electron chi connectivity index (χ2n) is 6.65. The molecule has 1 N–H and O–H groups in total. The van der Waals surface area contributed by atoms with Crippen molar-refractivity contribution >= 4 is 20.9 Å². The zero-order valence-electron chi connectivity index (χ0n) is 15.6. The molecule has 0 amide bonds. The van der Waals surface area contributed by atoms with Gasteiger partial charge in [-0.1, -0.05) is 24.3 Å². The van der Waals surface area contributed by atoms with Gasteiger partial charge in [-0.25, -0.2) is 22.2 Å². The van der Waals surface area contributed by atoms with Crippen LogP contribution in [0.25, 0.3) is 22.2 Å². The van der Waals surface area contributed by atoms with Gasteiger partial charge in [0.25, 0.3) is 0 Å². The molecule has 4 rings (SSSR count). The molecule has 0 aliphatic carbocycles. The molecule has 0 unspecified atom stereocenters. The Kier molecular flexibility index (Phi) is 4.98. The largest absolute Gasteiger partial charge is 0.482 e. The number of nitrogens with one attached hydrogen (secondary N) is 1. The molecule has 1 heterocycles. The molecule has 0 atom stereocenters. The molecule has 9 heteroatoms. The summed E-state index contributed by atoms with van der Waals surface area (Å²) in [6.07, 6.45) is 1.15. The molecule has 0 saturated carbocycles. The quantitative estimate of drug-likeness (QED) is 0.467. The fraction of sp³-hybridized carbons (Fsp3) is 0.0952. The zero-order valence-corrected chi connectivity index (χ0v) is 16.4. The Balaban J connectivity index is 1.64. The van der Waals surface area contributed by atoms with Gasteiger partial charge in [0.15, 0.2) is 27.2 Å². The highest BCUT2D eigenvalue weighted by Crippen LogP contribution is 2.29. The van der Waals surface area contributed by atoms with Gasteiger partial charge in [-0.2, -0.15) is 4.39 Å². The molecule has 0 spiro atoms. The number of halogens is 3. The molecule has 0 radical (unpaired) electrons. The normalized spacial score (nSPS) is 11.7. The Labute approximate surface area is 170 Å². The minimum Gasteiger partial charge on any atom is -0.482 e. The minimum atomic E-state index is -3.42. The smallest absolute Gasteiger partial charge is 0.203 e. The van der Waals surface area contributed by atoms with Crippen molar-refractivity contribution in [2.75, 3.05) is 6.26 Å². The number of aromatic nitrogens is 2. The molecule has 30 heavy (non-hydrogen) atoms. The standard InChI is InChI=1S/C21H15F3N2O3S/c1-30(27,28)18-5-3-2-4-13(18)12-6-8-15-16(10-12)26-19(25-15)11-29-17-9-7-14(22)20(23)21(17)24/h2-10H,11H2,1H3,(H,25,26). The second-order valence-corrected chi connectivity index (χ2v) is 8.63.